The van der Waals surface area contributed by atoms with Crippen LogP contribution in [0.15, 0.2) is 17.5 Å². The van der Waals surface area contributed by atoms with Crippen LogP contribution in [0.5, 0.6) is 0 Å². The Kier molecular flexibility index (Phi) is 4.49. The molecule has 2 fully saturated rings. The zero-order valence-corrected chi connectivity index (χ0v) is 13.7. The summed E-state index contributed by atoms with van der Waals surface area (Å²) in [5.41, 5.74) is 5.32. The van der Waals surface area contributed by atoms with Crippen molar-refractivity contribution in [1.82, 2.24) is 4.90 Å². The number of nitrogens with one attached hydrogen (secondary N) is 1. The molecule has 5 nitrogen and oxygen atoms in total. The van der Waals surface area contributed by atoms with Crippen molar-refractivity contribution in [2.24, 2.45) is 5.73 Å². The number of primary amides is 1. The van der Waals surface area contributed by atoms with Gasteiger partial charge in [-0.25, -0.2) is 0 Å². The van der Waals surface area contributed by atoms with E-state index in [9.17, 15) is 9.59 Å². The molecular formula is C16H24N3O2S+. The minimum Gasteiger partial charge on any atom is -0.364 e. The maximum absolute atomic E-state index is 12.4. The maximum Gasteiger partial charge on any atom is 0.278 e. The largest absolute Gasteiger partial charge is 0.364 e. The number of nitrogens with two attached hydrogens (primary N) is 1. The molecule has 0 aliphatic carbocycles. The second kappa shape index (κ2) is 6.38. The minimum absolute atomic E-state index is 0.0849. The molecule has 0 atom stereocenters. The summed E-state index contributed by atoms with van der Waals surface area (Å²) in [5, 5.41) is 1.92. The van der Waals surface area contributed by atoms with Gasteiger partial charge in [-0.2, -0.15) is 0 Å². The van der Waals surface area contributed by atoms with Crippen molar-refractivity contribution in [3.8, 4) is 0 Å². The molecule has 1 aromatic heterocycles. The van der Waals surface area contributed by atoms with Crippen LogP contribution < -0.4 is 10.6 Å². The fourth-order valence-electron chi connectivity index (χ4n) is 3.88. The molecule has 0 radical (unpaired) electrons. The van der Waals surface area contributed by atoms with Crippen molar-refractivity contribution in [3.63, 3.8) is 0 Å². The summed E-state index contributed by atoms with van der Waals surface area (Å²) >= 11 is 1.47. The second-order valence-electron chi connectivity index (χ2n) is 6.38. The lowest BCUT2D eigenvalue weighted by molar-refractivity contribution is -0.948. The molecule has 2 saturated heterocycles. The fraction of sp³-hybridized carbons (Fsp3) is 0.625. The highest BCUT2D eigenvalue weighted by atomic mass is 32.1. The summed E-state index contributed by atoms with van der Waals surface area (Å²) < 4.78 is 0. The van der Waals surface area contributed by atoms with E-state index >= 15 is 0 Å². The summed E-state index contributed by atoms with van der Waals surface area (Å²) in [7, 11) is 0. The molecule has 2 amide bonds. The van der Waals surface area contributed by atoms with Crippen LogP contribution >= 0.6 is 11.3 Å². The summed E-state index contributed by atoms with van der Waals surface area (Å²) in [6.07, 6.45) is 4.97. The molecule has 0 spiro atoms. The van der Waals surface area contributed by atoms with E-state index in [1.54, 1.807) is 0 Å². The van der Waals surface area contributed by atoms with E-state index in [1.165, 1.54) is 35.5 Å². The van der Waals surface area contributed by atoms with E-state index in [4.69, 9.17) is 5.73 Å². The van der Waals surface area contributed by atoms with Crippen LogP contribution in [0.3, 0.4) is 0 Å². The monoisotopic (exact) mass is 322 g/mol. The Balaban J connectivity index is 1.70. The quantitative estimate of drug-likeness (QED) is 0.839. The van der Waals surface area contributed by atoms with Crippen LogP contribution in [0, 0.1) is 0 Å². The van der Waals surface area contributed by atoms with E-state index in [2.05, 4.69) is 0 Å². The summed E-state index contributed by atoms with van der Waals surface area (Å²) in [5.74, 6) is -0.102. The average molecular weight is 322 g/mol. The molecule has 120 valence electrons. The topological polar surface area (TPSA) is 67.8 Å². The Hall–Kier alpha value is -1.40. The molecule has 0 saturated carbocycles. The number of piperidine rings is 2. The third-order valence-corrected chi connectivity index (χ3v) is 6.10. The molecule has 2 aliphatic heterocycles. The van der Waals surface area contributed by atoms with Crippen molar-refractivity contribution in [3.05, 3.63) is 22.4 Å². The first kappa shape index (κ1) is 15.5. The van der Waals surface area contributed by atoms with Crippen LogP contribution in [-0.2, 0) is 4.79 Å². The van der Waals surface area contributed by atoms with Gasteiger partial charge in [-0.15, -0.1) is 11.3 Å². The average Bonchev–Trinajstić information content (AvgIpc) is 3.09. The van der Waals surface area contributed by atoms with E-state index < -0.39 is 5.54 Å². The van der Waals surface area contributed by atoms with Gasteiger partial charge in [0.25, 0.3) is 11.8 Å². The van der Waals surface area contributed by atoms with Gasteiger partial charge >= 0.3 is 0 Å². The van der Waals surface area contributed by atoms with Crippen molar-refractivity contribution >= 4 is 23.2 Å². The Morgan fingerprint density at radius 1 is 1.18 bits per heavy atom. The first-order valence-corrected chi connectivity index (χ1v) is 8.99. The third kappa shape index (κ3) is 2.77. The smallest absolute Gasteiger partial charge is 0.278 e. The van der Waals surface area contributed by atoms with Gasteiger partial charge in [-0.05, 0) is 30.7 Å². The highest BCUT2D eigenvalue weighted by Crippen LogP contribution is 2.23. The highest BCUT2D eigenvalue weighted by Gasteiger charge is 2.49. The van der Waals surface area contributed by atoms with Gasteiger partial charge in [0, 0.05) is 25.9 Å². The highest BCUT2D eigenvalue weighted by molar-refractivity contribution is 7.12. The lowest BCUT2D eigenvalue weighted by atomic mass is 9.83. The number of nitrogens with zero attached hydrogens (tertiary/aromatic N) is 1. The molecule has 0 aromatic carbocycles. The predicted octanol–water partition coefficient (Wildman–Crippen LogP) is 0.277. The maximum atomic E-state index is 12.4. The molecule has 1 aromatic rings. The first-order chi connectivity index (χ1) is 10.6. The second-order valence-corrected chi connectivity index (χ2v) is 7.33. The molecule has 6 heteroatoms. The van der Waals surface area contributed by atoms with Crippen LogP contribution in [0.2, 0.25) is 0 Å². The van der Waals surface area contributed by atoms with Gasteiger partial charge in [0.2, 0.25) is 0 Å². The molecule has 2 aliphatic rings. The van der Waals surface area contributed by atoms with E-state index in [0.717, 1.165) is 18.0 Å². The molecule has 0 bridgehead atoms. The van der Waals surface area contributed by atoms with Crippen molar-refractivity contribution in [1.29, 1.82) is 0 Å². The molecule has 0 unspecified atom stereocenters. The Morgan fingerprint density at radius 3 is 2.41 bits per heavy atom. The molecule has 3 heterocycles. The lowest BCUT2D eigenvalue weighted by Crippen LogP contribution is -3.22. The van der Waals surface area contributed by atoms with Gasteiger partial charge in [0.05, 0.1) is 18.0 Å². The number of hydrogen-bond donors (Lipinski definition) is 2. The molecule has 22 heavy (non-hydrogen) atoms. The zero-order chi connectivity index (χ0) is 15.6. The Morgan fingerprint density at radius 2 is 1.86 bits per heavy atom. The van der Waals surface area contributed by atoms with Crippen LogP contribution in [0.4, 0.5) is 0 Å². The number of hydrogen-bond acceptors (Lipinski definition) is 3. The van der Waals surface area contributed by atoms with Crippen LogP contribution in [0.25, 0.3) is 0 Å². The van der Waals surface area contributed by atoms with Crippen molar-refractivity contribution < 1.29 is 14.5 Å². The molecular weight excluding hydrogens is 298 g/mol. The van der Waals surface area contributed by atoms with Gasteiger partial charge in [0.1, 0.15) is 0 Å². The molecule has 3 rings (SSSR count). The number of likely N-dealkylation sites (tertiary alicyclic amines) is 2. The van der Waals surface area contributed by atoms with Crippen molar-refractivity contribution in [2.75, 3.05) is 26.2 Å². The number of carbonyl (C=O) groups excluding carboxylic acids is 2. The predicted molar refractivity (Wildman–Crippen MR) is 85.9 cm³/mol. The summed E-state index contributed by atoms with van der Waals surface area (Å²) in [6, 6.07) is 3.76. The normalized spacial score (nSPS) is 22.5. The Bertz CT molecular complexity index is 530. The van der Waals surface area contributed by atoms with E-state index in [1.807, 2.05) is 22.4 Å². The van der Waals surface area contributed by atoms with Crippen molar-refractivity contribution in [2.45, 2.75) is 37.6 Å². The van der Waals surface area contributed by atoms with Gasteiger partial charge in [0.15, 0.2) is 5.54 Å². The number of amides is 2. The van der Waals surface area contributed by atoms with E-state index in [0.29, 0.717) is 25.9 Å². The lowest BCUT2D eigenvalue weighted by Gasteiger charge is -2.45. The van der Waals surface area contributed by atoms with Crippen LogP contribution in [-0.4, -0.2) is 48.4 Å². The van der Waals surface area contributed by atoms with Crippen LogP contribution in [0.1, 0.15) is 41.8 Å². The summed E-state index contributed by atoms with van der Waals surface area (Å²) in [6.45, 7) is 3.32. The first-order valence-electron chi connectivity index (χ1n) is 8.11. The number of quaternary nitrogens is 1. The number of carbonyl (C=O) groups is 2. The molecule has 3 N–H and O–H groups in total. The minimum atomic E-state index is -0.466. The van der Waals surface area contributed by atoms with Gasteiger partial charge < -0.3 is 15.5 Å². The summed E-state index contributed by atoms with van der Waals surface area (Å²) in [4.78, 5) is 28.6. The standard InChI is InChI=1S/C16H23N3O2S/c17-15(21)16(19-8-2-1-3-9-19)6-10-18(11-7-16)14(20)13-5-4-12-22-13/h4-5,12H,1-3,6-11H2,(H2,17,21)/p+1. The zero-order valence-electron chi connectivity index (χ0n) is 12.8. The van der Waals surface area contributed by atoms with Gasteiger partial charge in [-0.3, -0.25) is 9.59 Å². The Labute approximate surface area is 135 Å². The number of thiophene rings is 1. The SMILES string of the molecule is NC(=O)C1([NH+]2CCCCC2)CCN(C(=O)c2cccs2)CC1. The van der Waals surface area contributed by atoms with E-state index in [-0.39, 0.29) is 11.8 Å². The fourth-order valence-corrected chi connectivity index (χ4v) is 4.57. The number of rotatable bonds is 3. The van der Waals surface area contributed by atoms with Gasteiger partial charge in [-0.1, -0.05) is 6.07 Å². The third-order valence-electron chi connectivity index (χ3n) is 5.24.